The van der Waals surface area contributed by atoms with Crippen molar-refractivity contribution in [3.63, 3.8) is 0 Å². The van der Waals surface area contributed by atoms with E-state index < -0.39 is 0 Å². The monoisotopic (exact) mass is 540 g/mol. The van der Waals surface area contributed by atoms with Gasteiger partial charge in [0.15, 0.2) is 5.96 Å². The van der Waals surface area contributed by atoms with Crippen LogP contribution < -0.4 is 10.6 Å². The fourth-order valence-corrected chi connectivity index (χ4v) is 3.27. The Balaban J connectivity index is 0.00000480. The van der Waals surface area contributed by atoms with Gasteiger partial charge in [0.25, 0.3) is 0 Å². The van der Waals surface area contributed by atoms with Crippen molar-refractivity contribution >= 4 is 41.5 Å². The highest BCUT2D eigenvalue weighted by Gasteiger charge is 2.15. The lowest BCUT2D eigenvalue weighted by Gasteiger charge is -2.22. The average molecular weight is 540 g/mol. The minimum atomic E-state index is 0. The Morgan fingerprint density at radius 1 is 1.29 bits per heavy atom. The number of hydrogen-bond acceptors (Lipinski definition) is 3. The number of aliphatic imine (C=N–C) groups is 1. The van der Waals surface area contributed by atoms with E-state index in [0.29, 0.717) is 12.5 Å². The molecule has 1 unspecified atom stereocenters. The maximum Gasteiger partial charge on any atom is 0.227 e. The highest BCUT2D eigenvalue weighted by atomic mass is 127. The summed E-state index contributed by atoms with van der Waals surface area (Å²) in [6.45, 7) is 9.62. The molecule has 0 aliphatic heterocycles. The van der Waals surface area contributed by atoms with Crippen LogP contribution in [0.25, 0.3) is 0 Å². The molecule has 31 heavy (non-hydrogen) atoms. The van der Waals surface area contributed by atoms with Crippen molar-refractivity contribution in [2.24, 2.45) is 18.0 Å². The number of benzene rings is 1. The third-order valence-electron chi connectivity index (χ3n) is 5.17. The first kappa shape index (κ1) is 26.9. The molecule has 1 aromatic carbocycles. The summed E-state index contributed by atoms with van der Waals surface area (Å²) in [4.78, 5) is 18.7. The molecule has 1 aromatic heterocycles. The summed E-state index contributed by atoms with van der Waals surface area (Å²) >= 11 is 0. The second kappa shape index (κ2) is 12.7. The predicted octanol–water partition coefficient (Wildman–Crippen LogP) is 4.35. The number of amides is 1. The van der Waals surface area contributed by atoms with E-state index in [9.17, 15) is 4.79 Å². The Morgan fingerprint density at radius 2 is 2.00 bits per heavy atom. The van der Waals surface area contributed by atoms with Gasteiger partial charge in [-0.1, -0.05) is 39.8 Å². The summed E-state index contributed by atoms with van der Waals surface area (Å²) in [7, 11) is 5.76. The van der Waals surface area contributed by atoms with Gasteiger partial charge in [-0.2, -0.15) is 5.10 Å². The molecule has 1 atom stereocenters. The van der Waals surface area contributed by atoms with Gasteiger partial charge >= 0.3 is 0 Å². The zero-order chi connectivity index (χ0) is 22.3. The number of aromatic nitrogens is 2. The number of anilines is 1. The van der Waals surface area contributed by atoms with Crippen molar-refractivity contribution in [1.29, 1.82) is 0 Å². The van der Waals surface area contributed by atoms with Crippen molar-refractivity contribution in [3.8, 4) is 0 Å². The van der Waals surface area contributed by atoms with E-state index in [1.807, 2.05) is 56.9 Å². The van der Waals surface area contributed by atoms with Crippen molar-refractivity contribution in [3.05, 3.63) is 47.3 Å². The van der Waals surface area contributed by atoms with Crippen LogP contribution in [0.4, 0.5) is 5.69 Å². The van der Waals surface area contributed by atoms with Crippen LogP contribution in [0.1, 0.15) is 56.9 Å². The van der Waals surface area contributed by atoms with Gasteiger partial charge in [0.05, 0.1) is 5.69 Å². The smallest absolute Gasteiger partial charge is 0.227 e. The number of rotatable bonds is 8. The Morgan fingerprint density at radius 3 is 2.61 bits per heavy atom. The molecule has 2 N–H and O–H groups in total. The van der Waals surface area contributed by atoms with E-state index in [2.05, 4.69) is 45.7 Å². The van der Waals surface area contributed by atoms with Crippen LogP contribution in [0.15, 0.2) is 35.5 Å². The molecule has 172 valence electrons. The maximum atomic E-state index is 12.1. The van der Waals surface area contributed by atoms with E-state index in [1.54, 1.807) is 7.05 Å². The van der Waals surface area contributed by atoms with Gasteiger partial charge in [-0.15, -0.1) is 24.0 Å². The quantitative estimate of drug-likeness (QED) is 0.297. The summed E-state index contributed by atoms with van der Waals surface area (Å²) in [5.41, 5.74) is 4.22. The lowest BCUT2D eigenvalue weighted by molar-refractivity contribution is -0.119. The maximum absolute atomic E-state index is 12.1. The first-order valence-corrected chi connectivity index (χ1v) is 10.6. The van der Waals surface area contributed by atoms with Crippen molar-refractivity contribution < 1.29 is 4.79 Å². The van der Waals surface area contributed by atoms with E-state index >= 15 is 0 Å². The number of nitrogens with zero attached hydrogens (tertiary/aromatic N) is 4. The van der Waals surface area contributed by atoms with Gasteiger partial charge in [-0.3, -0.25) is 14.5 Å². The lowest BCUT2D eigenvalue weighted by Crippen LogP contribution is -2.38. The largest absolute Gasteiger partial charge is 0.352 e. The molecule has 2 rings (SSSR count). The Kier molecular flexibility index (Phi) is 11.0. The minimum absolute atomic E-state index is 0. The zero-order valence-electron chi connectivity index (χ0n) is 19.8. The van der Waals surface area contributed by atoms with Crippen LogP contribution in [0.2, 0.25) is 0 Å². The third kappa shape index (κ3) is 7.83. The molecular weight excluding hydrogens is 503 g/mol. The van der Waals surface area contributed by atoms with Crippen LogP contribution in [0.5, 0.6) is 0 Å². The SMILES string of the molecule is CCC(C)C(=O)Nc1cccc(CNC(=NC)N(C)Cc2cn(C)nc2C(C)C)c1.I. The van der Waals surface area contributed by atoms with E-state index in [1.165, 1.54) is 5.56 Å². The van der Waals surface area contributed by atoms with Crippen molar-refractivity contribution in [2.75, 3.05) is 19.4 Å². The zero-order valence-corrected chi connectivity index (χ0v) is 22.1. The fraction of sp³-hybridized carbons (Fsp3) is 0.522. The number of carbonyl (C=O) groups excluding carboxylic acids is 1. The molecule has 0 fully saturated rings. The minimum Gasteiger partial charge on any atom is -0.352 e. The highest BCUT2D eigenvalue weighted by molar-refractivity contribution is 14.0. The van der Waals surface area contributed by atoms with E-state index in [4.69, 9.17) is 0 Å². The van der Waals surface area contributed by atoms with Crippen molar-refractivity contribution in [1.82, 2.24) is 20.0 Å². The molecule has 2 aromatic rings. The standard InChI is InChI=1S/C23H36N6O.HI/c1-8-17(4)22(30)26-20-11-9-10-18(12-20)13-25-23(24-5)28(6)14-19-15-29(7)27-21(19)16(2)3;/h9-12,15-17H,8,13-14H2,1-7H3,(H,24,25)(H,26,30);1H. The normalized spacial score (nSPS) is 12.3. The number of nitrogens with one attached hydrogen (secondary N) is 2. The molecule has 7 nitrogen and oxygen atoms in total. The molecule has 0 saturated heterocycles. The van der Waals surface area contributed by atoms with Gasteiger partial charge in [-0.25, -0.2) is 0 Å². The molecule has 1 amide bonds. The van der Waals surface area contributed by atoms with Crippen LogP contribution >= 0.6 is 24.0 Å². The van der Waals surface area contributed by atoms with E-state index in [0.717, 1.165) is 35.9 Å². The van der Waals surface area contributed by atoms with Gasteiger partial charge in [0, 0.05) is 57.6 Å². The van der Waals surface area contributed by atoms with Gasteiger partial charge < -0.3 is 15.5 Å². The molecule has 0 bridgehead atoms. The number of halogens is 1. The van der Waals surface area contributed by atoms with Gasteiger partial charge in [-0.05, 0) is 30.0 Å². The Hall–Kier alpha value is -2.10. The number of carbonyl (C=O) groups is 1. The number of aryl methyl sites for hydroxylation is 1. The van der Waals surface area contributed by atoms with Crippen LogP contribution in [-0.4, -0.2) is 40.6 Å². The highest BCUT2D eigenvalue weighted by Crippen LogP contribution is 2.19. The molecule has 1 heterocycles. The molecule has 0 saturated carbocycles. The molecule has 0 aliphatic carbocycles. The topological polar surface area (TPSA) is 74.6 Å². The van der Waals surface area contributed by atoms with Crippen LogP contribution in [0, 0.1) is 5.92 Å². The second-order valence-electron chi connectivity index (χ2n) is 8.12. The summed E-state index contributed by atoms with van der Waals surface area (Å²) in [5, 5.41) is 11.0. The van der Waals surface area contributed by atoms with E-state index in [-0.39, 0.29) is 35.8 Å². The molecule has 8 heteroatoms. The first-order valence-electron chi connectivity index (χ1n) is 10.6. The molecule has 0 spiro atoms. The Bertz CT molecular complexity index is 877. The number of guanidine groups is 1. The Labute approximate surface area is 203 Å². The first-order chi connectivity index (χ1) is 14.2. The summed E-state index contributed by atoms with van der Waals surface area (Å²) in [6.07, 6.45) is 2.90. The molecule has 0 aliphatic rings. The van der Waals surface area contributed by atoms with Crippen LogP contribution in [-0.2, 0) is 24.9 Å². The summed E-state index contributed by atoms with van der Waals surface area (Å²) in [6, 6.07) is 7.91. The summed E-state index contributed by atoms with van der Waals surface area (Å²) < 4.78 is 1.87. The predicted molar refractivity (Wildman–Crippen MR) is 139 cm³/mol. The average Bonchev–Trinajstić information content (AvgIpc) is 3.08. The second-order valence-corrected chi connectivity index (χ2v) is 8.12. The third-order valence-corrected chi connectivity index (χ3v) is 5.17. The molecular formula is C23H37IN6O. The van der Waals surface area contributed by atoms with Gasteiger partial charge in [0.1, 0.15) is 0 Å². The number of hydrogen-bond donors (Lipinski definition) is 2. The molecule has 0 radical (unpaired) electrons. The summed E-state index contributed by atoms with van der Waals surface area (Å²) in [5.74, 6) is 1.23. The van der Waals surface area contributed by atoms with Crippen molar-refractivity contribution in [2.45, 2.75) is 53.1 Å². The fourth-order valence-electron chi connectivity index (χ4n) is 3.27. The lowest BCUT2D eigenvalue weighted by atomic mass is 10.1. The van der Waals surface area contributed by atoms with Gasteiger partial charge in [0.2, 0.25) is 5.91 Å². The van der Waals surface area contributed by atoms with Crippen LogP contribution in [0.3, 0.4) is 0 Å².